The maximum absolute atomic E-state index is 14.0. The zero-order valence-corrected chi connectivity index (χ0v) is 31.7. The highest BCUT2D eigenvalue weighted by Crippen LogP contribution is 2.36. The fraction of sp³-hybridized carbons (Fsp3) is 0.690. The van der Waals surface area contributed by atoms with Gasteiger partial charge in [0.1, 0.15) is 11.6 Å². The monoisotopic (exact) mass is 706 g/mol. The summed E-state index contributed by atoms with van der Waals surface area (Å²) in [5, 5.41) is 4.05. The molecule has 1 heterocycles. The first-order chi connectivity index (χ1) is 24.7. The van der Waals surface area contributed by atoms with E-state index in [1.807, 2.05) is 30.5 Å². The third-order valence-electron chi connectivity index (χ3n) is 10.5. The van der Waals surface area contributed by atoms with Crippen LogP contribution in [-0.4, -0.2) is 46.8 Å². The van der Waals surface area contributed by atoms with Gasteiger partial charge in [-0.25, -0.2) is 0 Å². The molecule has 0 saturated heterocycles. The van der Waals surface area contributed by atoms with Crippen LogP contribution in [0.3, 0.4) is 0 Å². The molecule has 0 unspecified atom stereocenters. The third-order valence-corrected chi connectivity index (χ3v) is 10.5. The summed E-state index contributed by atoms with van der Waals surface area (Å²) >= 11 is 0. The average Bonchev–Trinajstić information content (AvgIpc) is 3.84. The van der Waals surface area contributed by atoms with E-state index in [0.29, 0.717) is 44.6 Å². The summed E-state index contributed by atoms with van der Waals surface area (Å²) in [7, 11) is 0. The van der Waals surface area contributed by atoms with Gasteiger partial charge in [-0.15, -0.1) is 0 Å². The lowest BCUT2D eigenvalue weighted by molar-refractivity contribution is -0.133. The minimum atomic E-state index is -0.783. The predicted molar refractivity (Wildman–Crippen MR) is 208 cm³/mol. The summed E-state index contributed by atoms with van der Waals surface area (Å²) in [4.78, 5) is 60.8. The van der Waals surface area contributed by atoms with Crippen molar-refractivity contribution in [2.24, 2.45) is 34.2 Å². The summed E-state index contributed by atoms with van der Waals surface area (Å²) in [5.41, 5.74) is 13.0. The molecule has 1 aromatic heterocycles. The molecule has 9 nitrogen and oxygen atoms in total. The topological polar surface area (TPSA) is 160 Å². The molecule has 0 radical (unpaired) electrons. The van der Waals surface area contributed by atoms with E-state index in [2.05, 4.69) is 22.2 Å². The van der Waals surface area contributed by atoms with Gasteiger partial charge in [-0.05, 0) is 56.6 Å². The highest BCUT2D eigenvalue weighted by atomic mass is 16.2. The van der Waals surface area contributed by atoms with E-state index in [1.165, 1.54) is 64.2 Å². The highest BCUT2D eigenvalue weighted by molar-refractivity contribution is 5.94. The highest BCUT2D eigenvalue weighted by Gasteiger charge is 2.33. The van der Waals surface area contributed by atoms with Gasteiger partial charge < -0.3 is 21.8 Å². The summed E-state index contributed by atoms with van der Waals surface area (Å²) < 4.78 is 0. The second-order valence-electron chi connectivity index (χ2n) is 15.2. The molecular weight excluding hydrogens is 638 g/mol. The number of Topliss-reactive ketones (excluding diaryl/α,β-unsaturated/α-hetero) is 3. The van der Waals surface area contributed by atoms with Crippen LogP contribution in [-0.2, 0) is 25.6 Å². The predicted octanol–water partition coefficient (Wildman–Crippen LogP) is 8.27. The first-order valence-corrected chi connectivity index (χ1v) is 20.1. The lowest BCUT2D eigenvalue weighted by Gasteiger charge is -2.23. The molecule has 6 N–H and O–H groups in total. The zero-order valence-electron chi connectivity index (χ0n) is 31.7. The van der Waals surface area contributed by atoms with Gasteiger partial charge in [0.15, 0.2) is 11.7 Å². The number of nitrogens with one attached hydrogen (secondary N) is 2. The van der Waals surface area contributed by atoms with E-state index in [4.69, 9.17) is 11.5 Å². The molecule has 284 valence electrons. The van der Waals surface area contributed by atoms with Crippen molar-refractivity contribution in [3.05, 3.63) is 36.0 Å². The van der Waals surface area contributed by atoms with Gasteiger partial charge in [0.05, 0.1) is 6.04 Å². The number of aromatic amines is 1. The van der Waals surface area contributed by atoms with Gasteiger partial charge in [-0.1, -0.05) is 115 Å². The quantitative estimate of drug-likeness (QED) is 0.0364. The van der Waals surface area contributed by atoms with Gasteiger partial charge in [0.2, 0.25) is 5.91 Å². The Labute approximate surface area is 306 Å². The number of guanidine groups is 1. The Bertz CT molecular complexity index is 1380. The lowest BCUT2D eigenvalue weighted by Crippen LogP contribution is -2.45. The number of fused-ring (bicyclic) bond motifs is 1. The van der Waals surface area contributed by atoms with E-state index >= 15 is 0 Å². The molecule has 1 saturated carbocycles. The molecule has 1 aliphatic rings. The molecule has 2 aromatic rings. The molecule has 0 bridgehead atoms. The number of aromatic nitrogens is 1. The van der Waals surface area contributed by atoms with Crippen molar-refractivity contribution >= 4 is 40.1 Å². The number of amides is 1. The van der Waals surface area contributed by atoms with Crippen LogP contribution in [0.4, 0.5) is 0 Å². The van der Waals surface area contributed by atoms with Crippen LogP contribution in [0, 0.1) is 17.8 Å². The van der Waals surface area contributed by atoms with E-state index in [-0.39, 0.29) is 48.0 Å². The SMILES string of the molecule is CCCCCCCCCCCCCCCC(=O)C[C@H](Cc1c[nH]c2ccccc12)C(=O)N[C@@H](CCCN=C(N)N)C(=O)C[C@@H](CC1CC1)C(C)=O. The van der Waals surface area contributed by atoms with Crippen molar-refractivity contribution in [3.8, 4) is 0 Å². The Kier molecular flexibility index (Phi) is 19.6. The molecule has 9 heteroatoms. The smallest absolute Gasteiger partial charge is 0.224 e. The number of hydrogen-bond donors (Lipinski definition) is 4. The number of unbranched alkanes of at least 4 members (excludes halogenated alkanes) is 12. The number of ketones is 3. The van der Waals surface area contributed by atoms with Gasteiger partial charge in [0, 0.05) is 54.7 Å². The first kappa shape index (κ1) is 41.9. The van der Waals surface area contributed by atoms with Crippen molar-refractivity contribution in [3.63, 3.8) is 0 Å². The lowest BCUT2D eigenvalue weighted by atomic mass is 9.88. The average molecular weight is 706 g/mol. The van der Waals surface area contributed by atoms with Gasteiger partial charge in [0.25, 0.3) is 0 Å². The maximum atomic E-state index is 14.0. The molecule has 3 rings (SSSR count). The molecule has 51 heavy (non-hydrogen) atoms. The number of H-pyrrole nitrogens is 1. The van der Waals surface area contributed by atoms with E-state index in [9.17, 15) is 19.2 Å². The zero-order chi connectivity index (χ0) is 36.8. The molecule has 3 atom stereocenters. The van der Waals surface area contributed by atoms with Crippen molar-refractivity contribution in [1.82, 2.24) is 10.3 Å². The van der Waals surface area contributed by atoms with Crippen LogP contribution in [0.1, 0.15) is 154 Å². The van der Waals surface area contributed by atoms with E-state index in [1.54, 1.807) is 6.92 Å². The van der Waals surface area contributed by atoms with E-state index in [0.717, 1.165) is 48.6 Å². The normalized spacial score (nSPS) is 14.5. The van der Waals surface area contributed by atoms with Crippen LogP contribution < -0.4 is 16.8 Å². The second-order valence-corrected chi connectivity index (χ2v) is 15.2. The molecule has 1 fully saturated rings. The Balaban J connectivity index is 1.58. The number of carbonyl (C=O) groups excluding carboxylic acids is 4. The largest absolute Gasteiger partial charge is 0.370 e. The molecule has 0 aliphatic heterocycles. The van der Waals surface area contributed by atoms with Crippen LogP contribution in [0.15, 0.2) is 35.5 Å². The van der Waals surface area contributed by atoms with Gasteiger partial charge in [-0.2, -0.15) is 0 Å². The second kappa shape index (κ2) is 23.9. The Morgan fingerprint density at radius 3 is 2.08 bits per heavy atom. The summed E-state index contributed by atoms with van der Waals surface area (Å²) in [6, 6.07) is 7.15. The Morgan fingerprint density at radius 1 is 0.843 bits per heavy atom. The van der Waals surface area contributed by atoms with Crippen molar-refractivity contribution in [2.75, 3.05) is 6.54 Å². The first-order valence-electron chi connectivity index (χ1n) is 20.1. The van der Waals surface area contributed by atoms with Crippen molar-refractivity contribution in [2.45, 2.75) is 161 Å². The number of aliphatic imine (C=N–C) groups is 1. The van der Waals surface area contributed by atoms with Crippen LogP contribution in [0.5, 0.6) is 0 Å². The molecule has 1 aromatic carbocycles. The standard InChI is InChI=1S/C42H67N5O4/c1-3-4-5-6-7-8-9-10-11-12-13-14-15-19-36(49)28-34(27-35-30-46-38-21-17-16-20-37(35)38)41(51)47-39(22-18-25-45-42(43)44)40(50)29-33(31(2)48)26-32-23-24-32/h16-17,20-21,30,32-34,39,46H,3-15,18-19,22-29H2,1-2H3,(H,47,51)(H4,43,44,45)/t33-,34+,39+/m1/s1. The van der Waals surface area contributed by atoms with Crippen molar-refractivity contribution < 1.29 is 19.2 Å². The van der Waals surface area contributed by atoms with Crippen molar-refractivity contribution in [1.29, 1.82) is 0 Å². The summed E-state index contributed by atoms with van der Waals surface area (Å²) in [6.07, 6.45) is 22.9. The fourth-order valence-corrected chi connectivity index (χ4v) is 7.18. The summed E-state index contributed by atoms with van der Waals surface area (Å²) in [6.45, 7) is 4.13. The van der Waals surface area contributed by atoms with Crippen LogP contribution >= 0.6 is 0 Å². The van der Waals surface area contributed by atoms with E-state index < -0.39 is 12.0 Å². The number of carbonyl (C=O) groups is 4. The Hall–Kier alpha value is -3.49. The number of nitrogens with two attached hydrogens (primary N) is 2. The number of nitrogens with zero attached hydrogens (tertiary/aromatic N) is 1. The molecule has 1 aliphatic carbocycles. The Morgan fingerprint density at radius 2 is 1.47 bits per heavy atom. The maximum Gasteiger partial charge on any atom is 0.224 e. The number of benzene rings is 1. The number of hydrogen-bond acceptors (Lipinski definition) is 5. The summed E-state index contributed by atoms with van der Waals surface area (Å²) in [5.74, 6) is -0.856. The fourth-order valence-electron chi connectivity index (χ4n) is 7.18. The number of rotatable bonds is 30. The minimum absolute atomic E-state index is 0.0109. The third kappa shape index (κ3) is 17.1. The molecular formula is C42H67N5O4. The van der Waals surface area contributed by atoms with Crippen LogP contribution in [0.25, 0.3) is 10.9 Å². The van der Waals surface area contributed by atoms with Gasteiger partial charge in [-0.3, -0.25) is 24.2 Å². The number of para-hydroxylation sites is 1. The molecule has 0 spiro atoms. The van der Waals surface area contributed by atoms with Gasteiger partial charge >= 0.3 is 0 Å². The van der Waals surface area contributed by atoms with Crippen LogP contribution in [0.2, 0.25) is 0 Å². The molecule has 1 amide bonds. The minimum Gasteiger partial charge on any atom is -0.370 e.